The summed E-state index contributed by atoms with van der Waals surface area (Å²) in [5.41, 5.74) is 4.30. The van der Waals surface area contributed by atoms with E-state index in [-0.39, 0.29) is 6.79 Å². The molecule has 32 heavy (non-hydrogen) atoms. The number of anilines is 3. The van der Waals surface area contributed by atoms with E-state index in [9.17, 15) is 0 Å². The Morgan fingerprint density at radius 1 is 1.06 bits per heavy atom. The van der Waals surface area contributed by atoms with Gasteiger partial charge in [0.25, 0.3) is 0 Å². The number of nitrogens with zero attached hydrogens (tertiary/aromatic N) is 4. The van der Waals surface area contributed by atoms with Crippen LogP contribution in [0.5, 0.6) is 11.5 Å². The minimum absolute atomic E-state index is 0.267. The Kier molecular flexibility index (Phi) is 4.38. The Bertz CT molecular complexity index is 1330. The molecule has 2 aliphatic rings. The van der Waals surface area contributed by atoms with Crippen LogP contribution in [0.4, 0.5) is 17.5 Å². The van der Waals surface area contributed by atoms with E-state index in [1.807, 2.05) is 18.2 Å². The summed E-state index contributed by atoms with van der Waals surface area (Å²) in [6.07, 6.45) is 10.1. The maximum absolute atomic E-state index is 6.12. The van der Waals surface area contributed by atoms with E-state index in [0.29, 0.717) is 29.8 Å². The molecule has 9 heteroatoms. The molecule has 0 amide bonds. The lowest BCUT2D eigenvalue weighted by molar-refractivity contribution is 0.174. The fourth-order valence-electron chi connectivity index (χ4n) is 3.90. The summed E-state index contributed by atoms with van der Waals surface area (Å²) in [6.45, 7) is 3.02. The van der Waals surface area contributed by atoms with E-state index in [1.54, 1.807) is 12.4 Å². The molecule has 0 bridgehead atoms. The van der Waals surface area contributed by atoms with Gasteiger partial charge < -0.3 is 24.5 Å². The highest BCUT2D eigenvalue weighted by atomic mass is 16.7. The van der Waals surface area contributed by atoms with E-state index >= 15 is 0 Å². The average Bonchev–Trinajstić information content (AvgIpc) is 3.44. The van der Waals surface area contributed by atoms with Gasteiger partial charge in [0.05, 0.1) is 18.1 Å². The summed E-state index contributed by atoms with van der Waals surface area (Å²) in [5.74, 6) is 3.76. The predicted octanol–water partition coefficient (Wildman–Crippen LogP) is 4.62. The molecule has 0 spiro atoms. The molecule has 4 heterocycles. The molecule has 160 valence electrons. The Labute approximate surface area is 183 Å². The molecule has 6 rings (SSSR count). The second kappa shape index (κ2) is 7.52. The molecule has 3 aromatic heterocycles. The highest BCUT2D eigenvalue weighted by molar-refractivity contribution is 5.92. The van der Waals surface area contributed by atoms with Crippen LogP contribution in [0.15, 0.2) is 47.4 Å². The number of benzene rings is 1. The van der Waals surface area contributed by atoms with Crippen molar-refractivity contribution in [2.24, 2.45) is 0 Å². The van der Waals surface area contributed by atoms with Crippen molar-refractivity contribution < 1.29 is 13.9 Å². The van der Waals surface area contributed by atoms with Crippen LogP contribution in [0.1, 0.15) is 36.1 Å². The molecule has 1 aliphatic carbocycles. The van der Waals surface area contributed by atoms with Gasteiger partial charge >= 0.3 is 0 Å². The van der Waals surface area contributed by atoms with E-state index in [4.69, 9.17) is 13.9 Å². The van der Waals surface area contributed by atoms with Gasteiger partial charge in [-0.1, -0.05) is 25.1 Å². The van der Waals surface area contributed by atoms with Crippen LogP contribution in [-0.4, -0.2) is 26.7 Å². The summed E-state index contributed by atoms with van der Waals surface area (Å²) in [4.78, 5) is 17.6. The summed E-state index contributed by atoms with van der Waals surface area (Å²) in [5, 5.41) is 6.46. The van der Waals surface area contributed by atoms with E-state index < -0.39 is 0 Å². The lowest BCUT2D eigenvalue weighted by Gasteiger charge is -2.10. The zero-order valence-electron chi connectivity index (χ0n) is 17.3. The maximum atomic E-state index is 6.12. The van der Waals surface area contributed by atoms with Gasteiger partial charge in [0.2, 0.25) is 12.7 Å². The van der Waals surface area contributed by atoms with Crippen molar-refractivity contribution in [1.82, 2.24) is 19.9 Å². The van der Waals surface area contributed by atoms with Gasteiger partial charge in [0, 0.05) is 18.0 Å². The van der Waals surface area contributed by atoms with Crippen molar-refractivity contribution in [3.8, 4) is 11.5 Å². The Morgan fingerprint density at radius 2 is 1.94 bits per heavy atom. The van der Waals surface area contributed by atoms with Crippen LogP contribution in [0, 0.1) is 0 Å². The van der Waals surface area contributed by atoms with Gasteiger partial charge in [-0.15, -0.1) is 0 Å². The van der Waals surface area contributed by atoms with Crippen LogP contribution in [0.25, 0.3) is 17.2 Å². The molecule has 0 saturated carbocycles. The van der Waals surface area contributed by atoms with Crippen LogP contribution in [-0.2, 0) is 6.54 Å². The smallest absolute Gasteiger partial charge is 0.231 e. The number of ether oxygens (including phenoxy) is 2. The molecule has 1 aliphatic heterocycles. The summed E-state index contributed by atoms with van der Waals surface area (Å²) in [6, 6.07) is 5.87. The molecule has 0 saturated heterocycles. The third-order valence-electron chi connectivity index (χ3n) is 5.57. The van der Waals surface area contributed by atoms with Gasteiger partial charge in [-0.2, -0.15) is 0 Å². The van der Waals surface area contributed by atoms with Gasteiger partial charge in [-0.25, -0.2) is 19.9 Å². The van der Waals surface area contributed by atoms with Crippen molar-refractivity contribution in [3.05, 3.63) is 59.9 Å². The second-order valence-electron chi connectivity index (χ2n) is 7.78. The third-order valence-corrected chi connectivity index (χ3v) is 5.57. The fraction of sp³-hybridized carbons (Fsp3) is 0.217. The first-order chi connectivity index (χ1) is 15.7. The van der Waals surface area contributed by atoms with Crippen LogP contribution in [0.3, 0.4) is 0 Å². The Balaban J connectivity index is 1.18. The van der Waals surface area contributed by atoms with Crippen molar-refractivity contribution in [1.29, 1.82) is 0 Å². The standard InChI is InChI=1S/C23H20N6O3/c1-13-3-2-4-16-19-21(32-20(13)16)22(28-11-27-19)29-23-25-9-15(10-26-23)24-8-14-5-6-17-18(7-14)31-12-30-17/h2,4-7,9-11,13,24H,3,8,12H2,1H3,(H,25,26,27,28,29). The van der Waals surface area contributed by atoms with Crippen LogP contribution < -0.4 is 20.1 Å². The lowest BCUT2D eigenvalue weighted by atomic mass is 9.95. The number of aromatic nitrogens is 4. The molecule has 0 radical (unpaired) electrons. The zero-order valence-corrected chi connectivity index (χ0v) is 17.3. The van der Waals surface area contributed by atoms with E-state index in [1.165, 1.54) is 6.33 Å². The number of furan rings is 1. The van der Waals surface area contributed by atoms with Crippen molar-refractivity contribution >= 4 is 34.6 Å². The van der Waals surface area contributed by atoms with E-state index in [2.05, 4.69) is 49.6 Å². The zero-order chi connectivity index (χ0) is 21.5. The molecule has 9 nitrogen and oxygen atoms in total. The first-order valence-electron chi connectivity index (χ1n) is 10.4. The van der Waals surface area contributed by atoms with Crippen molar-refractivity contribution in [2.45, 2.75) is 25.8 Å². The normalized spacial score (nSPS) is 16.2. The number of fused-ring (bicyclic) bond motifs is 4. The topological polar surface area (TPSA) is 107 Å². The molecule has 1 atom stereocenters. The Morgan fingerprint density at radius 3 is 2.84 bits per heavy atom. The van der Waals surface area contributed by atoms with E-state index in [0.717, 1.165) is 46.0 Å². The molecule has 4 aromatic rings. The summed E-state index contributed by atoms with van der Waals surface area (Å²) in [7, 11) is 0. The van der Waals surface area contributed by atoms with Gasteiger partial charge in [0.1, 0.15) is 17.6 Å². The second-order valence-corrected chi connectivity index (χ2v) is 7.78. The predicted molar refractivity (Wildman–Crippen MR) is 119 cm³/mol. The fourth-order valence-corrected chi connectivity index (χ4v) is 3.90. The highest BCUT2D eigenvalue weighted by Crippen LogP contribution is 2.38. The van der Waals surface area contributed by atoms with Crippen molar-refractivity contribution in [3.63, 3.8) is 0 Å². The largest absolute Gasteiger partial charge is 0.454 e. The monoisotopic (exact) mass is 428 g/mol. The molecule has 0 fully saturated rings. The molecular formula is C23H20N6O3. The third kappa shape index (κ3) is 3.27. The van der Waals surface area contributed by atoms with Crippen LogP contribution >= 0.6 is 0 Å². The minimum Gasteiger partial charge on any atom is -0.454 e. The summed E-state index contributed by atoms with van der Waals surface area (Å²) >= 11 is 0. The SMILES string of the molecule is CC1CC=Cc2c1oc1c(Nc3ncc(NCc4ccc5c(c4)OCO5)cn3)ncnc21. The molecule has 1 aromatic carbocycles. The first kappa shape index (κ1) is 18.6. The number of rotatable bonds is 5. The number of nitrogens with one attached hydrogen (secondary N) is 2. The first-order valence-corrected chi connectivity index (χ1v) is 10.4. The Hall–Kier alpha value is -4.14. The number of hydrogen-bond acceptors (Lipinski definition) is 9. The lowest BCUT2D eigenvalue weighted by Crippen LogP contribution is -2.03. The summed E-state index contributed by atoms with van der Waals surface area (Å²) < 4.78 is 16.9. The van der Waals surface area contributed by atoms with Gasteiger partial charge in [0.15, 0.2) is 22.9 Å². The maximum Gasteiger partial charge on any atom is 0.231 e. The molecular weight excluding hydrogens is 408 g/mol. The van der Waals surface area contributed by atoms with Crippen LogP contribution in [0.2, 0.25) is 0 Å². The van der Waals surface area contributed by atoms with Gasteiger partial charge in [-0.05, 0) is 24.1 Å². The van der Waals surface area contributed by atoms with Crippen molar-refractivity contribution in [2.75, 3.05) is 17.4 Å². The number of allylic oxidation sites excluding steroid dienone is 1. The molecule has 1 unspecified atom stereocenters. The minimum atomic E-state index is 0.267. The number of hydrogen-bond donors (Lipinski definition) is 2. The highest BCUT2D eigenvalue weighted by Gasteiger charge is 2.23. The molecule has 2 N–H and O–H groups in total. The quantitative estimate of drug-likeness (QED) is 0.471. The van der Waals surface area contributed by atoms with Gasteiger partial charge in [-0.3, -0.25) is 0 Å². The average molecular weight is 428 g/mol.